The second kappa shape index (κ2) is 6.26. The van der Waals surface area contributed by atoms with Crippen molar-refractivity contribution in [3.63, 3.8) is 0 Å². The molecule has 0 aliphatic carbocycles. The van der Waals surface area contributed by atoms with Gasteiger partial charge in [-0.05, 0) is 24.3 Å². The summed E-state index contributed by atoms with van der Waals surface area (Å²) in [6.07, 6.45) is 4.10. The minimum Gasteiger partial charge on any atom is -0.489 e. The standard InChI is InChI=1S/C9H8O.C6H5Br/c1-2-6-9-8(4-1)5-3-7-10-9;7-6-4-2-1-3-5-6/h1-6H,7H2;1-5H. The number of fused-ring (bicyclic) bond motifs is 1. The average Bonchev–Trinajstić information content (AvgIpc) is 2.41. The van der Waals surface area contributed by atoms with Gasteiger partial charge in [-0.3, -0.25) is 0 Å². The zero-order chi connectivity index (χ0) is 11.9. The lowest BCUT2D eigenvalue weighted by molar-refractivity contribution is 0.358. The Morgan fingerprint density at radius 3 is 2.24 bits per heavy atom. The number of hydrogen-bond acceptors (Lipinski definition) is 1. The van der Waals surface area contributed by atoms with Gasteiger partial charge in [-0.25, -0.2) is 0 Å². The van der Waals surface area contributed by atoms with E-state index < -0.39 is 0 Å². The molecule has 0 unspecified atom stereocenters. The van der Waals surface area contributed by atoms with Crippen LogP contribution in [0.5, 0.6) is 5.75 Å². The Bertz CT molecular complexity index is 491. The molecule has 0 amide bonds. The molecule has 17 heavy (non-hydrogen) atoms. The topological polar surface area (TPSA) is 9.23 Å². The van der Waals surface area contributed by atoms with Crippen LogP contribution in [-0.4, -0.2) is 6.61 Å². The third-order valence-electron chi connectivity index (χ3n) is 2.28. The molecule has 0 bridgehead atoms. The highest BCUT2D eigenvalue weighted by molar-refractivity contribution is 9.10. The first-order chi connectivity index (χ1) is 8.36. The monoisotopic (exact) mass is 288 g/mol. The van der Waals surface area contributed by atoms with E-state index in [0.29, 0.717) is 6.61 Å². The molecule has 1 aliphatic heterocycles. The second-order valence-electron chi connectivity index (χ2n) is 3.55. The normalized spacial score (nSPS) is 11.8. The molecule has 1 aliphatic rings. The zero-order valence-corrected chi connectivity index (χ0v) is 10.9. The molecular weight excluding hydrogens is 276 g/mol. The lowest BCUT2D eigenvalue weighted by Crippen LogP contribution is -1.98. The molecule has 1 heterocycles. The van der Waals surface area contributed by atoms with E-state index in [1.165, 1.54) is 5.56 Å². The molecular formula is C15H13BrO. The van der Waals surface area contributed by atoms with Crippen molar-refractivity contribution in [3.8, 4) is 5.75 Å². The van der Waals surface area contributed by atoms with Crippen molar-refractivity contribution in [2.45, 2.75) is 0 Å². The molecule has 0 fully saturated rings. The second-order valence-corrected chi connectivity index (χ2v) is 4.46. The van der Waals surface area contributed by atoms with E-state index in [4.69, 9.17) is 4.74 Å². The Hall–Kier alpha value is -1.54. The average molecular weight is 289 g/mol. The van der Waals surface area contributed by atoms with Crippen LogP contribution in [0.4, 0.5) is 0 Å². The van der Waals surface area contributed by atoms with Crippen LogP contribution in [0.25, 0.3) is 6.08 Å². The largest absolute Gasteiger partial charge is 0.489 e. The Kier molecular flexibility index (Phi) is 4.39. The third-order valence-corrected chi connectivity index (χ3v) is 2.81. The molecule has 86 valence electrons. The molecule has 1 nitrogen and oxygen atoms in total. The van der Waals surface area contributed by atoms with Crippen molar-refractivity contribution in [2.24, 2.45) is 0 Å². The molecule has 0 saturated heterocycles. The van der Waals surface area contributed by atoms with E-state index in [-0.39, 0.29) is 0 Å². The Morgan fingerprint density at radius 2 is 1.59 bits per heavy atom. The number of halogens is 1. The maximum absolute atomic E-state index is 5.34. The number of rotatable bonds is 0. The molecule has 0 atom stereocenters. The van der Waals surface area contributed by atoms with Gasteiger partial charge in [-0.1, -0.05) is 58.4 Å². The summed E-state index contributed by atoms with van der Waals surface area (Å²) in [4.78, 5) is 0. The highest BCUT2D eigenvalue weighted by atomic mass is 79.9. The van der Waals surface area contributed by atoms with Gasteiger partial charge in [0.2, 0.25) is 0 Å². The highest BCUT2D eigenvalue weighted by Crippen LogP contribution is 2.21. The summed E-state index contributed by atoms with van der Waals surface area (Å²) in [7, 11) is 0. The summed E-state index contributed by atoms with van der Waals surface area (Å²) in [5.41, 5.74) is 1.17. The fourth-order valence-electron chi connectivity index (χ4n) is 1.48. The fraction of sp³-hybridized carbons (Fsp3) is 0.0667. The summed E-state index contributed by atoms with van der Waals surface area (Å²) in [5, 5.41) is 0. The first-order valence-corrected chi connectivity index (χ1v) is 6.24. The van der Waals surface area contributed by atoms with Crippen molar-refractivity contribution in [1.82, 2.24) is 0 Å². The predicted octanol–water partition coefficient (Wildman–Crippen LogP) is 4.54. The van der Waals surface area contributed by atoms with Crippen LogP contribution < -0.4 is 4.74 Å². The minimum absolute atomic E-state index is 0.705. The number of hydrogen-bond donors (Lipinski definition) is 0. The maximum Gasteiger partial charge on any atom is 0.126 e. The molecule has 2 aromatic rings. The van der Waals surface area contributed by atoms with E-state index >= 15 is 0 Å². The Labute approximate surface area is 110 Å². The first-order valence-electron chi connectivity index (χ1n) is 5.45. The van der Waals surface area contributed by atoms with Crippen molar-refractivity contribution in [2.75, 3.05) is 6.61 Å². The lowest BCUT2D eigenvalue weighted by atomic mass is 10.1. The van der Waals surface area contributed by atoms with Crippen LogP contribution in [0.1, 0.15) is 5.56 Å². The van der Waals surface area contributed by atoms with Crippen molar-refractivity contribution in [3.05, 3.63) is 70.7 Å². The highest BCUT2D eigenvalue weighted by Gasteiger charge is 2.01. The molecule has 0 aromatic heterocycles. The third kappa shape index (κ3) is 3.75. The van der Waals surface area contributed by atoms with Crippen molar-refractivity contribution >= 4 is 22.0 Å². The molecule has 0 radical (unpaired) electrons. The summed E-state index contributed by atoms with van der Waals surface area (Å²) < 4.78 is 6.47. The van der Waals surface area contributed by atoms with Crippen LogP contribution in [-0.2, 0) is 0 Å². The van der Waals surface area contributed by atoms with E-state index in [1.54, 1.807) is 0 Å². The predicted molar refractivity (Wildman–Crippen MR) is 75.1 cm³/mol. The van der Waals surface area contributed by atoms with Gasteiger partial charge in [0.25, 0.3) is 0 Å². The van der Waals surface area contributed by atoms with E-state index in [2.05, 4.69) is 22.0 Å². The summed E-state index contributed by atoms with van der Waals surface area (Å²) in [5.74, 6) is 0.991. The fourth-order valence-corrected chi connectivity index (χ4v) is 1.78. The van der Waals surface area contributed by atoms with Gasteiger partial charge in [0.05, 0.1) is 0 Å². The van der Waals surface area contributed by atoms with Crippen LogP contribution in [0.15, 0.2) is 65.1 Å². The maximum atomic E-state index is 5.34. The van der Waals surface area contributed by atoms with E-state index in [1.807, 2.05) is 60.7 Å². The molecule has 2 aromatic carbocycles. The first kappa shape index (κ1) is 11.9. The van der Waals surface area contributed by atoms with Gasteiger partial charge >= 0.3 is 0 Å². The van der Waals surface area contributed by atoms with E-state index in [9.17, 15) is 0 Å². The van der Waals surface area contributed by atoms with Crippen molar-refractivity contribution in [1.29, 1.82) is 0 Å². The van der Waals surface area contributed by atoms with Crippen LogP contribution in [0, 0.1) is 0 Å². The number of ether oxygens (including phenoxy) is 1. The molecule has 2 heteroatoms. The van der Waals surface area contributed by atoms with Gasteiger partial charge in [0.15, 0.2) is 0 Å². The molecule has 0 spiro atoms. The van der Waals surface area contributed by atoms with Crippen LogP contribution >= 0.6 is 15.9 Å². The van der Waals surface area contributed by atoms with Gasteiger partial charge in [-0.2, -0.15) is 0 Å². The van der Waals surface area contributed by atoms with E-state index in [0.717, 1.165) is 10.2 Å². The van der Waals surface area contributed by atoms with Crippen LogP contribution in [0.3, 0.4) is 0 Å². The minimum atomic E-state index is 0.705. The Balaban J connectivity index is 0.000000136. The Morgan fingerprint density at radius 1 is 0.882 bits per heavy atom. The van der Waals surface area contributed by atoms with Crippen molar-refractivity contribution < 1.29 is 4.74 Å². The molecule has 0 N–H and O–H groups in total. The lowest BCUT2D eigenvalue weighted by Gasteiger charge is -2.10. The zero-order valence-electron chi connectivity index (χ0n) is 9.34. The SMILES string of the molecule is Brc1ccccc1.C1=Cc2ccccc2OC1. The molecule has 0 saturated carbocycles. The quantitative estimate of drug-likeness (QED) is 0.691. The summed E-state index contributed by atoms with van der Waals surface area (Å²) >= 11 is 3.31. The van der Waals surface area contributed by atoms with Gasteiger partial charge in [0, 0.05) is 10.0 Å². The van der Waals surface area contributed by atoms with Gasteiger partial charge < -0.3 is 4.74 Å². The summed E-state index contributed by atoms with van der Waals surface area (Å²) in [6, 6.07) is 18.0. The summed E-state index contributed by atoms with van der Waals surface area (Å²) in [6.45, 7) is 0.705. The van der Waals surface area contributed by atoms with Crippen LogP contribution in [0.2, 0.25) is 0 Å². The van der Waals surface area contributed by atoms with Gasteiger partial charge in [0.1, 0.15) is 12.4 Å². The smallest absolute Gasteiger partial charge is 0.126 e. The number of benzene rings is 2. The number of para-hydroxylation sites is 1. The molecule has 3 rings (SSSR count). The van der Waals surface area contributed by atoms with Gasteiger partial charge in [-0.15, -0.1) is 0 Å².